The van der Waals surface area contributed by atoms with Gasteiger partial charge in [0.15, 0.2) is 0 Å². The molecule has 2 nitrogen and oxygen atoms in total. The van der Waals surface area contributed by atoms with E-state index < -0.39 is 0 Å². The largest absolute Gasteiger partial charge is 0.337 e. The van der Waals surface area contributed by atoms with Crippen LogP contribution in [0.2, 0.25) is 0 Å². The van der Waals surface area contributed by atoms with E-state index in [1.165, 1.54) is 77.0 Å². The molecule has 0 spiro atoms. The van der Waals surface area contributed by atoms with Crippen LogP contribution >= 0.6 is 15.9 Å². The van der Waals surface area contributed by atoms with Crippen molar-refractivity contribution in [3.63, 3.8) is 0 Å². The monoisotopic (exact) mass is 357 g/mol. The van der Waals surface area contributed by atoms with Gasteiger partial charge in [0.25, 0.3) is 0 Å². The normalized spacial score (nSPS) is 21.4. The summed E-state index contributed by atoms with van der Waals surface area (Å²) >= 11 is 3.48. The molecule has 3 heteroatoms. The molecule has 2 aliphatic rings. The average molecular weight is 358 g/mol. The van der Waals surface area contributed by atoms with Crippen molar-refractivity contribution in [2.45, 2.75) is 102 Å². The minimum atomic E-state index is 0.461. The van der Waals surface area contributed by atoms with Gasteiger partial charge in [-0.3, -0.25) is 4.79 Å². The first kappa shape index (κ1) is 17.3. The molecule has 0 atom stereocenters. The van der Waals surface area contributed by atoms with Gasteiger partial charge >= 0.3 is 0 Å². The van der Waals surface area contributed by atoms with Gasteiger partial charge in [0.2, 0.25) is 5.91 Å². The third-order valence-electron chi connectivity index (χ3n) is 5.25. The summed E-state index contributed by atoms with van der Waals surface area (Å²) in [6.45, 7) is 0. The van der Waals surface area contributed by atoms with E-state index in [0.717, 1.165) is 18.2 Å². The van der Waals surface area contributed by atoms with Crippen molar-refractivity contribution < 1.29 is 4.79 Å². The first-order valence-electron chi connectivity index (χ1n) is 9.20. The van der Waals surface area contributed by atoms with Crippen molar-refractivity contribution in [3.8, 4) is 0 Å². The number of nitrogens with zero attached hydrogens (tertiary/aromatic N) is 1. The maximum atomic E-state index is 12.8. The minimum Gasteiger partial charge on any atom is -0.337 e. The van der Waals surface area contributed by atoms with Crippen LogP contribution in [-0.4, -0.2) is 28.2 Å². The lowest BCUT2D eigenvalue weighted by molar-refractivity contribution is -0.138. The quantitative estimate of drug-likeness (QED) is 0.439. The number of hydrogen-bond acceptors (Lipinski definition) is 1. The zero-order valence-corrected chi connectivity index (χ0v) is 15.1. The standard InChI is InChI=1S/C18H32BrNO/c19-15-9-3-8-14-18(21)20(16-10-4-1-5-11-16)17-12-6-2-7-13-17/h16-17H,1-15H2. The summed E-state index contributed by atoms with van der Waals surface area (Å²) in [6.07, 6.45) is 17.3. The fraction of sp³-hybridized carbons (Fsp3) is 0.944. The Morgan fingerprint density at radius 2 is 1.33 bits per heavy atom. The SMILES string of the molecule is O=C(CCCCCBr)N(C1CCCCC1)C1CCCCC1. The van der Waals surface area contributed by atoms with Crippen LogP contribution in [0.1, 0.15) is 89.9 Å². The summed E-state index contributed by atoms with van der Waals surface area (Å²) in [6, 6.07) is 1.12. The first-order chi connectivity index (χ1) is 10.3. The zero-order chi connectivity index (χ0) is 14.9. The van der Waals surface area contributed by atoms with Gasteiger partial charge in [0, 0.05) is 23.8 Å². The summed E-state index contributed by atoms with van der Waals surface area (Å²) in [5, 5.41) is 1.07. The minimum absolute atomic E-state index is 0.461. The maximum Gasteiger partial charge on any atom is 0.223 e. The molecule has 1 amide bonds. The Bertz CT molecular complexity index is 278. The van der Waals surface area contributed by atoms with Gasteiger partial charge in [-0.1, -0.05) is 60.9 Å². The van der Waals surface area contributed by atoms with E-state index in [1.807, 2.05) is 0 Å². The van der Waals surface area contributed by atoms with Gasteiger partial charge in [-0.05, 0) is 38.5 Å². The second-order valence-corrected chi connectivity index (χ2v) is 7.68. The number of halogens is 1. The van der Waals surface area contributed by atoms with Crippen molar-refractivity contribution in [2.75, 3.05) is 5.33 Å². The molecule has 2 rings (SSSR count). The van der Waals surface area contributed by atoms with Crippen LogP contribution in [0.4, 0.5) is 0 Å². The molecule has 0 aromatic heterocycles. The average Bonchev–Trinajstić information content (AvgIpc) is 2.54. The molecule has 2 fully saturated rings. The highest BCUT2D eigenvalue weighted by Gasteiger charge is 2.31. The summed E-state index contributed by atoms with van der Waals surface area (Å²) in [5.41, 5.74) is 0. The van der Waals surface area contributed by atoms with E-state index in [4.69, 9.17) is 0 Å². The predicted octanol–water partition coefficient (Wildman–Crippen LogP) is 5.44. The molecule has 21 heavy (non-hydrogen) atoms. The second-order valence-electron chi connectivity index (χ2n) is 6.88. The van der Waals surface area contributed by atoms with Gasteiger partial charge in [0.1, 0.15) is 0 Å². The number of amides is 1. The molecule has 0 heterocycles. The highest BCUT2D eigenvalue weighted by atomic mass is 79.9. The molecule has 0 N–H and O–H groups in total. The van der Waals surface area contributed by atoms with Gasteiger partial charge < -0.3 is 4.90 Å². The molecule has 0 radical (unpaired) electrons. The Morgan fingerprint density at radius 1 is 0.810 bits per heavy atom. The van der Waals surface area contributed by atoms with E-state index in [1.54, 1.807) is 0 Å². The van der Waals surface area contributed by atoms with Crippen LogP contribution in [0.15, 0.2) is 0 Å². The Morgan fingerprint density at radius 3 is 1.81 bits per heavy atom. The molecule has 2 saturated carbocycles. The van der Waals surface area contributed by atoms with Crippen LogP contribution in [0, 0.1) is 0 Å². The van der Waals surface area contributed by atoms with Gasteiger partial charge in [-0.25, -0.2) is 0 Å². The van der Waals surface area contributed by atoms with E-state index in [2.05, 4.69) is 20.8 Å². The number of unbranched alkanes of at least 4 members (excludes halogenated alkanes) is 2. The van der Waals surface area contributed by atoms with Crippen molar-refractivity contribution in [1.29, 1.82) is 0 Å². The third-order valence-corrected chi connectivity index (χ3v) is 5.81. The summed E-state index contributed by atoms with van der Waals surface area (Å²) < 4.78 is 0. The summed E-state index contributed by atoms with van der Waals surface area (Å²) in [5.74, 6) is 0.461. The van der Waals surface area contributed by atoms with Crippen LogP contribution in [-0.2, 0) is 4.79 Å². The Kier molecular flexibility index (Phi) is 8.13. The molecular formula is C18H32BrNO. The van der Waals surface area contributed by atoms with Crippen LogP contribution < -0.4 is 0 Å². The van der Waals surface area contributed by atoms with Gasteiger partial charge in [0.05, 0.1) is 0 Å². The lowest BCUT2D eigenvalue weighted by Gasteiger charge is -2.42. The highest BCUT2D eigenvalue weighted by molar-refractivity contribution is 9.09. The lowest BCUT2D eigenvalue weighted by Crippen LogP contribution is -2.48. The second kappa shape index (κ2) is 9.86. The predicted molar refractivity (Wildman–Crippen MR) is 92.9 cm³/mol. The van der Waals surface area contributed by atoms with Gasteiger partial charge in [-0.2, -0.15) is 0 Å². The molecule has 122 valence electrons. The van der Waals surface area contributed by atoms with Crippen molar-refractivity contribution >= 4 is 21.8 Å². The van der Waals surface area contributed by atoms with E-state index in [-0.39, 0.29) is 0 Å². The van der Waals surface area contributed by atoms with Gasteiger partial charge in [-0.15, -0.1) is 0 Å². The molecular weight excluding hydrogens is 326 g/mol. The molecule has 0 bridgehead atoms. The molecule has 0 unspecified atom stereocenters. The number of alkyl halides is 1. The smallest absolute Gasteiger partial charge is 0.223 e. The van der Waals surface area contributed by atoms with Crippen LogP contribution in [0.3, 0.4) is 0 Å². The molecule has 0 aliphatic heterocycles. The topological polar surface area (TPSA) is 20.3 Å². The number of carbonyl (C=O) groups excluding carboxylic acids is 1. The highest BCUT2D eigenvalue weighted by Crippen LogP contribution is 2.31. The van der Waals surface area contributed by atoms with Crippen LogP contribution in [0.25, 0.3) is 0 Å². The molecule has 0 aromatic rings. The van der Waals surface area contributed by atoms with Crippen molar-refractivity contribution in [1.82, 2.24) is 4.90 Å². The molecule has 0 aromatic carbocycles. The molecule has 0 saturated heterocycles. The van der Waals surface area contributed by atoms with E-state index >= 15 is 0 Å². The van der Waals surface area contributed by atoms with E-state index in [0.29, 0.717) is 18.0 Å². The Labute approximate surface area is 139 Å². The number of carbonyl (C=O) groups is 1. The fourth-order valence-electron chi connectivity index (χ4n) is 4.10. The number of rotatable bonds is 7. The Hall–Kier alpha value is -0.0500. The number of hydrogen-bond donors (Lipinski definition) is 0. The zero-order valence-electron chi connectivity index (χ0n) is 13.5. The fourth-order valence-corrected chi connectivity index (χ4v) is 4.50. The lowest BCUT2D eigenvalue weighted by atomic mass is 9.88. The maximum absolute atomic E-state index is 12.8. The molecule has 2 aliphatic carbocycles. The summed E-state index contributed by atoms with van der Waals surface area (Å²) in [7, 11) is 0. The first-order valence-corrected chi connectivity index (χ1v) is 10.3. The van der Waals surface area contributed by atoms with Crippen LogP contribution in [0.5, 0.6) is 0 Å². The van der Waals surface area contributed by atoms with Crippen molar-refractivity contribution in [2.24, 2.45) is 0 Å². The summed E-state index contributed by atoms with van der Waals surface area (Å²) in [4.78, 5) is 15.2. The Balaban J connectivity index is 1.91. The van der Waals surface area contributed by atoms with E-state index in [9.17, 15) is 4.79 Å². The third kappa shape index (κ3) is 5.58. The van der Waals surface area contributed by atoms with Crippen molar-refractivity contribution in [3.05, 3.63) is 0 Å².